The molecular formula is C25H32N6O5. The van der Waals surface area contributed by atoms with Gasteiger partial charge in [0.1, 0.15) is 6.61 Å². The fraction of sp³-hybridized carbons (Fsp3) is 0.360. The number of anilines is 1. The van der Waals surface area contributed by atoms with Crippen LogP contribution in [-0.4, -0.2) is 67.6 Å². The van der Waals surface area contributed by atoms with Crippen molar-refractivity contribution in [1.29, 1.82) is 0 Å². The fourth-order valence-corrected chi connectivity index (χ4v) is 4.00. The molecule has 0 radical (unpaired) electrons. The zero-order chi connectivity index (χ0) is 25.8. The second-order valence-electron chi connectivity index (χ2n) is 8.11. The van der Waals surface area contributed by atoms with Crippen LogP contribution in [0.5, 0.6) is 0 Å². The highest BCUT2D eigenvalue weighted by molar-refractivity contribution is 6.05. The average molecular weight is 497 g/mol. The number of amides is 3. The second-order valence-corrected chi connectivity index (χ2v) is 8.11. The van der Waals surface area contributed by atoms with E-state index in [2.05, 4.69) is 20.9 Å². The molecule has 3 aromatic rings. The van der Waals surface area contributed by atoms with E-state index in [0.717, 1.165) is 68.7 Å². The van der Waals surface area contributed by atoms with Gasteiger partial charge in [-0.1, -0.05) is 30.3 Å². The lowest BCUT2D eigenvalue weighted by Crippen LogP contribution is -2.46. The van der Waals surface area contributed by atoms with E-state index in [0.29, 0.717) is 12.3 Å². The van der Waals surface area contributed by atoms with Gasteiger partial charge in [0.15, 0.2) is 0 Å². The average Bonchev–Trinajstić information content (AvgIpc) is 3.57. The molecule has 3 amide bonds. The molecule has 11 nitrogen and oxygen atoms in total. The van der Waals surface area contributed by atoms with Crippen LogP contribution in [0.15, 0.2) is 53.1 Å². The smallest absolute Gasteiger partial charge is 0.410 e. The lowest BCUT2D eigenvalue weighted by Gasteiger charge is -2.26. The molecule has 1 aromatic carbocycles. The zero-order valence-corrected chi connectivity index (χ0v) is 20.1. The normalized spacial score (nSPS) is 14.8. The number of aromatic nitrogens is 1. The summed E-state index contributed by atoms with van der Waals surface area (Å²) in [6.07, 6.45) is 3.94. The third-order valence-electron chi connectivity index (χ3n) is 5.67. The Bertz CT molecular complexity index is 1120. The number of hydrogen-bond acceptors (Lipinski definition) is 8. The number of carbonyl (C=O) groups is 3. The molecule has 11 heteroatoms. The number of carbonyl (C=O) groups excluding carboxylic acids is 3. The molecule has 0 aliphatic carbocycles. The van der Waals surface area contributed by atoms with Crippen molar-refractivity contribution in [2.24, 2.45) is 11.5 Å². The number of rotatable bonds is 4. The van der Waals surface area contributed by atoms with Crippen molar-refractivity contribution in [3.63, 3.8) is 0 Å². The van der Waals surface area contributed by atoms with Crippen molar-refractivity contribution in [2.75, 3.05) is 44.2 Å². The topological polar surface area (TPSA) is 157 Å². The van der Waals surface area contributed by atoms with E-state index >= 15 is 0 Å². The SMILES string of the molecule is NC(=O)c1oc2ncccc2c1N1CCCC1.NC=O.O=C(OCc1ccccc1)N1CCNCC1. The quantitative estimate of drug-likeness (QED) is 0.462. The van der Waals surface area contributed by atoms with E-state index in [4.69, 9.17) is 19.7 Å². The van der Waals surface area contributed by atoms with Gasteiger partial charge in [-0.2, -0.15) is 0 Å². The van der Waals surface area contributed by atoms with E-state index < -0.39 is 5.91 Å². The summed E-state index contributed by atoms with van der Waals surface area (Å²) in [4.78, 5) is 39.7. The van der Waals surface area contributed by atoms with E-state index in [9.17, 15) is 9.59 Å². The van der Waals surface area contributed by atoms with E-state index in [-0.39, 0.29) is 18.3 Å². The van der Waals surface area contributed by atoms with Gasteiger partial charge in [-0.15, -0.1) is 0 Å². The van der Waals surface area contributed by atoms with Crippen LogP contribution < -0.4 is 21.7 Å². The van der Waals surface area contributed by atoms with Gasteiger partial charge in [-0.25, -0.2) is 9.78 Å². The largest absolute Gasteiger partial charge is 0.445 e. The molecule has 0 bridgehead atoms. The predicted molar refractivity (Wildman–Crippen MR) is 135 cm³/mol. The molecule has 4 heterocycles. The van der Waals surface area contributed by atoms with Crippen LogP contribution in [0, 0.1) is 0 Å². The molecule has 5 rings (SSSR count). The Labute approximate surface area is 209 Å². The first-order valence-electron chi connectivity index (χ1n) is 11.8. The molecule has 5 N–H and O–H groups in total. The Balaban J connectivity index is 0.000000182. The van der Waals surface area contributed by atoms with Crippen LogP contribution in [0.3, 0.4) is 0 Å². The molecule has 192 valence electrons. The van der Waals surface area contributed by atoms with Gasteiger partial charge in [0.25, 0.3) is 5.91 Å². The second kappa shape index (κ2) is 13.7. The van der Waals surface area contributed by atoms with Crippen LogP contribution in [-0.2, 0) is 16.1 Å². The monoisotopic (exact) mass is 496 g/mol. The third kappa shape index (κ3) is 7.19. The number of piperazine rings is 1. The molecule has 2 aliphatic heterocycles. The highest BCUT2D eigenvalue weighted by atomic mass is 16.6. The van der Waals surface area contributed by atoms with Crippen molar-refractivity contribution in [1.82, 2.24) is 15.2 Å². The molecular weight excluding hydrogens is 464 g/mol. The molecule has 2 fully saturated rings. The molecule has 0 unspecified atom stereocenters. The Kier molecular flexibility index (Phi) is 10.1. The first kappa shape index (κ1) is 26.5. The first-order chi connectivity index (χ1) is 17.5. The maximum Gasteiger partial charge on any atom is 0.410 e. The van der Waals surface area contributed by atoms with Crippen molar-refractivity contribution < 1.29 is 23.5 Å². The lowest BCUT2D eigenvalue weighted by atomic mass is 10.2. The van der Waals surface area contributed by atoms with Crippen molar-refractivity contribution in [2.45, 2.75) is 19.4 Å². The molecule has 2 saturated heterocycles. The number of benzene rings is 1. The minimum absolute atomic E-state index is 0.217. The summed E-state index contributed by atoms with van der Waals surface area (Å²) in [5, 5.41) is 4.06. The summed E-state index contributed by atoms with van der Waals surface area (Å²) in [7, 11) is 0. The number of ether oxygens (including phenoxy) is 1. The van der Waals surface area contributed by atoms with Gasteiger partial charge in [0.2, 0.25) is 17.9 Å². The number of nitrogens with one attached hydrogen (secondary N) is 1. The zero-order valence-electron chi connectivity index (χ0n) is 20.1. The van der Waals surface area contributed by atoms with Crippen molar-refractivity contribution >= 4 is 35.2 Å². The van der Waals surface area contributed by atoms with Crippen LogP contribution >= 0.6 is 0 Å². The van der Waals surface area contributed by atoms with Crippen molar-refractivity contribution in [3.8, 4) is 0 Å². The Hall–Kier alpha value is -4.12. The summed E-state index contributed by atoms with van der Waals surface area (Å²) < 4.78 is 10.7. The van der Waals surface area contributed by atoms with Gasteiger partial charge < -0.3 is 35.7 Å². The summed E-state index contributed by atoms with van der Waals surface area (Å²) in [6, 6.07) is 13.5. The molecule has 2 aliphatic rings. The molecule has 0 saturated carbocycles. The minimum Gasteiger partial charge on any atom is -0.445 e. The van der Waals surface area contributed by atoms with Gasteiger partial charge in [0.05, 0.1) is 11.1 Å². The van der Waals surface area contributed by atoms with E-state index in [1.54, 1.807) is 11.1 Å². The number of pyridine rings is 1. The number of furan rings is 1. The maximum atomic E-state index is 11.6. The van der Waals surface area contributed by atoms with Gasteiger partial charge >= 0.3 is 6.09 Å². The number of nitrogens with zero attached hydrogens (tertiary/aromatic N) is 3. The molecule has 0 atom stereocenters. The highest BCUT2D eigenvalue weighted by Crippen LogP contribution is 2.34. The van der Waals surface area contributed by atoms with E-state index in [1.807, 2.05) is 42.5 Å². The van der Waals surface area contributed by atoms with Gasteiger partial charge in [-0.3, -0.25) is 9.59 Å². The number of nitrogens with two attached hydrogens (primary N) is 2. The van der Waals surface area contributed by atoms with E-state index in [1.165, 1.54) is 0 Å². The summed E-state index contributed by atoms with van der Waals surface area (Å²) in [5.74, 6) is -0.314. The number of hydrogen-bond donors (Lipinski definition) is 3. The van der Waals surface area contributed by atoms with Gasteiger partial charge in [-0.05, 0) is 30.5 Å². The Morgan fingerprint density at radius 1 is 1.06 bits per heavy atom. The number of fused-ring (bicyclic) bond motifs is 1. The Morgan fingerprint density at radius 3 is 2.36 bits per heavy atom. The van der Waals surface area contributed by atoms with Crippen LogP contribution in [0.1, 0.15) is 29.0 Å². The first-order valence-corrected chi connectivity index (χ1v) is 11.8. The standard InChI is InChI=1S/C12H13N3O2.C12H16N2O2.CH3NO/c13-11(16)10-9(15-6-1-2-7-15)8-4-3-5-14-12(8)17-10;15-12(14-8-6-13-7-9-14)16-10-11-4-2-1-3-5-11;2-1-3/h3-5H,1-2,6-7H2,(H2,13,16);1-5,13H,6-10H2;1H,(H2,2,3). The summed E-state index contributed by atoms with van der Waals surface area (Å²) >= 11 is 0. The maximum absolute atomic E-state index is 11.6. The lowest BCUT2D eigenvalue weighted by molar-refractivity contribution is -0.106. The fourth-order valence-electron chi connectivity index (χ4n) is 4.00. The van der Waals surface area contributed by atoms with Crippen LogP contribution in [0.25, 0.3) is 11.1 Å². The van der Waals surface area contributed by atoms with Crippen LogP contribution in [0.2, 0.25) is 0 Å². The summed E-state index contributed by atoms with van der Waals surface area (Å²) in [6.45, 7) is 5.37. The van der Waals surface area contributed by atoms with Crippen LogP contribution in [0.4, 0.5) is 10.5 Å². The molecule has 0 spiro atoms. The molecule has 2 aromatic heterocycles. The molecule has 36 heavy (non-hydrogen) atoms. The highest BCUT2D eigenvalue weighted by Gasteiger charge is 2.25. The number of primary amides is 2. The Morgan fingerprint density at radius 2 is 1.72 bits per heavy atom. The van der Waals surface area contributed by atoms with Crippen molar-refractivity contribution in [3.05, 3.63) is 60.0 Å². The third-order valence-corrected chi connectivity index (χ3v) is 5.67. The summed E-state index contributed by atoms with van der Waals surface area (Å²) in [5.41, 5.74) is 11.8. The predicted octanol–water partition coefficient (Wildman–Crippen LogP) is 1.86. The van der Waals surface area contributed by atoms with Gasteiger partial charge in [0, 0.05) is 45.5 Å². The minimum atomic E-state index is -0.537.